The third-order valence-electron chi connectivity index (χ3n) is 7.67. The van der Waals surface area contributed by atoms with Crippen LogP contribution < -0.4 is 16.4 Å². The summed E-state index contributed by atoms with van der Waals surface area (Å²) in [5, 5.41) is 16.0. The highest BCUT2D eigenvalue weighted by Gasteiger charge is 2.32. The number of rotatable bonds is 9. The molecule has 0 fully saturated rings. The van der Waals surface area contributed by atoms with E-state index in [2.05, 4.69) is 46.5 Å². The molecule has 11 nitrogen and oxygen atoms in total. The number of hydrogen-bond acceptors (Lipinski definition) is 9. The molecule has 0 bridgehead atoms. The first-order chi connectivity index (χ1) is 22.6. The van der Waals surface area contributed by atoms with E-state index in [1.54, 1.807) is 29.5 Å². The van der Waals surface area contributed by atoms with Gasteiger partial charge in [0.1, 0.15) is 16.9 Å². The molecule has 1 aliphatic heterocycles. The van der Waals surface area contributed by atoms with E-state index in [0.29, 0.717) is 28.7 Å². The minimum Gasteiger partial charge on any atom is -0.465 e. The Bertz CT molecular complexity index is 1940. The molecule has 4 N–H and O–H groups in total. The van der Waals surface area contributed by atoms with Crippen LogP contribution in [-0.2, 0) is 14.3 Å². The van der Waals surface area contributed by atoms with Crippen molar-refractivity contribution in [3.05, 3.63) is 91.8 Å². The Morgan fingerprint density at radius 2 is 1.85 bits per heavy atom. The van der Waals surface area contributed by atoms with Crippen LogP contribution in [0.1, 0.15) is 74.4 Å². The summed E-state index contributed by atoms with van der Waals surface area (Å²) in [5.74, 6) is 5.78. The smallest absolute Gasteiger partial charge is 0.339 e. The van der Waals surface area contributed by atoms with E-state index in [9.17, 15) is 14.4 Å². The molecule has 2 amide bonds. The van der Waals surface area contributed by atoms with E-state index in [1.807, 2.05) is 35.8 Å². The number of methoxy groups -OCH3 is 1. The number of aliphatic imine (C=N–C) groups is 1. The number of nitrogens with zero attached hydrogens (tertiary/aromatic N) is 4. The second-order valence-corrected chi connectivity index (χ2v) is 12.5. The molecule has 4 aromatic rings. The number of carbonyl (C=O) groups excluding carboxylic acids is 3. The molecule has 0 spiro atoms. The summed E-state index contributed by atoms with van der Waals surface area (Å²) >= 11 is 7.84. The maximum absolute atomic E-state index is 13.2. The molecule has 1 aliphatic rings. The summed E-state index contributed by atoms with van der Waals surface area (Å²) in [7, 11) is 1.27. The maximum Gasteiger partial charge on any atom is 0.339 e. The van der Waals surface area contributed by atoms with Gasteiger partial charge in [-0.15, -0.1) is 21.5 Å². The number of fused-ring (bicyclic) bond motifs is 3. The van der Waals surface area contributed by atoms with E-state index in [0.717, 1.165) is 32.3 Å². The maximum atomic E-state index is 13.2. The summed E-state index contributed by atoms with van der Waals surface area (Å²) in [5.41, 5.74) is 10.3. The van der Waals surface area contributed by atoms with Gasteiger partial charge in [0.25, 0.3) is 0 Å². The molecule has 5 rings (SSSR count). The number of anilines is 1. The summed E-state index contributed by atoms with van der Waals surface area (Å²) < 4.78 is 6.84. The number of benzene rings is 2. The lowest BCUT2D eigenvalue weighted by atomic mass is 9.99. The Labute approximate surface area is 281 Å². The lowest BCUT2D eigenvalue weighted by Crippen LogP contribution is -2.27. The first-order valence-electron chi connectivity index (χ1n) is 15.0. The van der Waals surface area contributed by atoms with Gasteiger partial charge in [-0.1, -0.05) is 35.6 Å². The van der Waals surface area contributed by atoms with Crippen molar-refractivity contribution in [1.29, 1.82) is 0 Å². The average molecular weight is 672 g/mol. The highest BCUT2D eigenvalue weighted by atomic mass is 35.5. The van der Waals surface area contributed by atoms with Gasteiger partial charge in [0.15, 0.2) is 5.82 Å². The molecule has 47 heavy (non-hydrogen) atoms. The van der Waals surface area contributed by atoms with E-state index in [-0.39, 0.29) is 49.0 Å². The van der Waals surface area contributed by atoms with Crippen molar-refractivity contribution in [2.24, 2.45) is 10.7 Å². The van der Waals surface area contributed by atoms with Crippen LogP contribution in [0.5, 0.6) is 0 Å². The SMILES string of the molecule is COC(=O)c1ccc(C#CCN)cc1NC(=O)CCCNC(=O)C[C@@H]1N=C(c2ccc(Cl)cc2)c2c(sc(C)c2C)-n2c(C)nnc21. The molecule has 0 aliphatic carbocycles. The van der Waals surface area contributed by atoms with E-state index in [1.165, 1.54) is 7.11 Å². The predicted molar refractivity (Wildman–Crippen MR) is 182 cm³/mol. The van der Waals surface area contributed by atoms with E-state index in [4.69, 9.17) is 27.1 Å². The second-order valence-electron chi connectivity index (χ2n) is 10.9. The van der Waals surface area contributed by atoms with Crippen molar-refractivity contribution in [2.75, 3.05) is 25.5 Å². The highest BCUT2D eigenvalue weighted by molar-refractivity contribution is 7.15. The van der Waals surface area contributed by atoms with Crippen molar-refractivity contribution < 1.29 is 19.1 Å². The zero-order chi connectivity index (χ0) is 33.7. The molecule has 3 heterocycles. The number of aryl methyl sites for hydroxylation is 2. The van der Waals surface area contributed by atoms with Crippen LogP contribution in [0.2, 0.25) is 5.02 Å². The normalized spacial score (nSPS) is 13.3. The second kappa shape index (κ2) is 14.7. The van der Waals surface area contributed by atoms with Crippen LogP contribution in [0.15, 0.2) is 47.5 Å². The van der Waals surface area contributed by atoms with Gasteiger partial charge in [-0.05, 0) is 63.1 Å². The molecule has 0 saturated heterocycles. The van der Waals surface area contributed by atoms with Gasteiger partial charge >= 0.3 is 5.97 Å². The van der Waals surface area contributed by atoms with Gasteiger partial charge in [-0.25, -0.2) is 4.79 Å². The summed E-state index contributed by atoms with van der Waals surface area (Å²) in [6, 6.07) is 11.7. The fraction of sp³-hybridized carbons (Fsp3) is 0.294. The predicted octanol–water partition coefficient (Wildman–Crippen LogP) is 4.82. The number of aromatic nitrogens is 3. The Balaban J connectivity index is 1.28. The molecule has 0 saturated carbocycles. The van der Waals surface area contributed by atoms with Crippen molar-refractivity contribution >= 4 is 52.1 Å². The van der Waals surface area contributed by atoms with Crippen LogP contribution in [0.3, 0.4) is 0 Å². The Kier molecular flexibility index (Phi) is 10.5. The number of halogens is 1. The van der Waals surface area contributed by atoms with Crippen molar-refractivity contribution in [2.45, 2.75) is 46.1 Å². The summed E-state index contributed by atoms with van der Waals surface area (Å²) in [6.07, 6.45) is 0.508. The molecule has 13 heteroatoms. The monoisotopic (exact) mass is 671 g/mol. The molecule has 242 valence electrons. The lowest BCUT2D eigenvalue weighted by molar-refractivity contribution is -0.122. The molecule has 1 atom stereocenters. The molecular weight excluding hydrogens is 638 g/mol. The van der Waals surface area contributed by atoms with Crippen LogP contribution in [0, 0.1) is 32.6 Å². The Morgan fingerprint density at radius 1 is 1.09 bits per heavy atom. The highest BCUT2D eigenvalue weighted by Crippen LogP contribution is 2.39. The van der Waals surface area contributed by atoms with Crippen LogP contribution in [0.25, 0.3) is 5.00 Å². The van der Waals surface area contributed by atoms with Gasteiger partial charge in [0.05, 0.1) is 37.0 Å². The zero-order valence-electron chi connectivity index (χ0n) is 26.4. The molecular formula is C34H34ClN7O4S. The number of carbonyl (C=O) groups is 3. The van der Waals surface area contributed by atoms with E-state index < -0.39 is 12.0 Å². The number of amides is 2. The minimum atomic E-state index is -0.601. The number of esters is 1. The van der Waals surface area contributed by atoms with E-state index >= 15 is 0 Å². The van der Waals surface area contributed by atoms with Gasteiger partial charge in [0.2, 0.25) is 11.8 Å². The lowest BCUT2D eigenvalue weighted by Gasteiger charge is -2.13. The largest absolute Gasteiger partial charge is 0.465 e. The quantitative estimate of drug-likeness (QED) is 0.131. The molecule has 0 unspecified atom stereocenters. The topological polar surface area (TPSA) is 154 Å². The first-order valence-corrected chi connectivity index (χ1v) is 16.1. The van der Waals surface area contributed by atoms with Crippen molar-refractivity contribution in [1.82, 2.24) is 20.1 Å². The van der Waals surface area contributed by atoms with Crippen molar-refractivity contribution in [3.8, 4) is 16.8 Å². The average Bonchev–Trinajstić information content (AvgIpc) is 3.53. The number of nitrogens with two attached hydrogens (primary N) is 1. The van der Waals surface area contributed by atoms with Gasteiger partial charge in [-0.3, -0.25) is 19.1 Å². The molecule has 2 aromatic carbocycles. The summed E-state index contributed by atoms with van der Waals surface area (Å²) in [6.45, 7) is 6.47. The number of hydrogen-bond donors (Lipinski definition) is 3. The zero-order valence-corrected chi connectivity index (χ0v) is 28.0. The van der Waals surface area contributed by atoms with Crippen LogP contribution >= 0.6 is 22.9 Å². The fourth-order valence-electron chi connectivity index (χ4n) is 5.24. The number of thiophene rings is 1. The summed E-state index contributed by atoms with van der Waals surface area (Å²) in [4.78, 5) is 44.6. The fourth-order valence-corrected chi connectivity index (χ4v) is 6.58. The third-order valence-corrected chi connectivity index (χ3v) is 9.12. The van der Waals surface area contributed by atoms with Crippen molar-refractivity contribution in [3.63, 3.8) is 0 Å². The Morgan fingerprint density at radius 3 is 2.57 bits per heavy atom. The number of ether oxygens (including phenoxy) is 1. The third kappa shape index (κ3) is 7.44. The van der Waals surface area contributed by atoms with Gasteiger partial charge in [-0.2, -0.15) is 0 Å². The van der Waals surface area contributed by atoms with Gasteiger partial charge < -0.3 is 21.1 Å². The van der Waals surface area contributed by atoms with Crippen LogP contribution in [-0.4, -0.2) is 58.5 Å². The molecule has 0 radical (unpaired) electrons. The Hall–Kier alpha value is -4.83. The minimum absolute atomic E-state index is 0.0352. The van der Waals surface area contributed by atoms with Crippen LogP contribution in [0.4, 0.5) is 5.69 Å². The van der Waals surface area contributed by atoms with Gasteiger partial charge in [0, 0.05) is 39.6 Å². The number of nitrogens with one attached hydrogen (secondary N) is 2. The molecule has 2 aromatic heterocycles. The standard InChI is InChI=1S/C34H34ClN7O4S/c1-19-20(2)47-33-30(19)31(23-10-12-24(35)13-11-23)39-27(32-41-40-21(3)42(32)33)18-29(44)37-16-6-8-28(43)38-26-17-22(7-5-15-36)9-14-25(26)34(45)46-4/h9-14,17,27H,6,8,15-16,18,36H2,1-4H3,(H,37,44)(H,38,43)/t27-/m0/s1. The first kappa shape index (κ1) is 33.5.